The minimum absolute atomic E-state index is 0.618. The number of hydrogen-bond acceptors (Lipinski definition) is 2. The van der Waals surface area contributed by atoms with Crippen LogP contribution in [0.25, 0.3) is 0 Å². The summed E-state index contributed by atoms with van der Waals surface area (Å²) in [5.74, 6) is 2.68. The Balaban J connectivity index is 1.81. The largest absolute Gasteiger partial charge is 0.241 e. The molecule has 20 heavy (non-hydrogen) atoms. The van der Waals surface area contributed by atoms with Gasteiger partial charge in [-0.05, 0) is 50.0 Å². The fraction of sp³-hybridized carbons (Fsp3) is 0.778. The molecule has 0 atom stereocenters. The number of hydrogen-bond donors (Lipinski definition) is 0. The van der Waals surface area contributed by atoms with Gasteiger partial charge in [-0.3, -0.25) is 0 Å². The molecule has 0 amide bonds. The topological polar surface area (TPSA) is 25.8 Å². The molecule has 0 bridgehead atoms. The molecule has 0 spiro atoms. The highest BCUT2D eigenvalue weighted by Gasteiger charge is 2.23. The van der Waals surface area contributed by atoms with Crippen molar-refractivity contribution in [2.24, 2.45) is 5.92 Å². The second-order valence-electron chi connectivity index (χ2n) is 6.41. The molecule has 2 heteroatoms. The van der Waals surface area contributed by atoms with E-state index in [4.69, 9.17) is 0 Å². The third-order valence-electron chi connectivity index (χ3n) is 4.70. The molecular weight excluding hydrogens is 244 g/mol. The molecule has 2 nitrogen and oxygen atoms in total. The zero-order chi connectivity index (χ0) is 14.2. The molecule has 1 saturated carbocycles. The highest BCUT2D eigenvalue weighted by Crippen LogP contribution is 2.35. The van der Waals surface area contributed by atoms with Gasteiger partial charge in [0.15, 0.2) is 0 Å². The summed E-state index contributed by atoms with van der Waals surface area (Å²) in [4.78, 5) is 9.28. The lowest BCUT2D eigenvalue weighted by molar-refractivity contribution is 0.302. The Morgan fingerprint density at radius 1 is 0.950 bits per heavy atom. The van der Waals surface area contributed by atoms with Gasteiger partial charge < -0.3 is 0 Å². The molecular formula is C18H30N2. The zero-order valence-electron chi connectivity index (χ0n) is 13.3. The maximum atomic E-state index is 4.64. The molecule has 0 radical (unpaired) electrons. The van der Waals surface area contributed by atoms with E-state index in [0.29, 0.717) is 5.92 Å². The lowest BCUT2D eigenvalue weighted by Crippen LogP contribution is -2.15. The van der Waals surface area contributed by atoms with Gasteiger partial charge >= 0.3 is 0 Å². The van der Waals surface area contributed by atoms with Crippen LogP contribution in [0.2, 0.25) is 0 Å². The summed E-state index contributed by atoms with van der Waals surface area (Å²) < 4.78 is 0. The summed E-state index contributed by atoms with van der Waals surface area (Å²) >= 11 is 0. The van der Waals surface area contributed by atoms with E-state index in [9.17, 15) is 0 Å². The van der Waals surface area contributed by atoms with Gasteiger partial charge in [0.25, 0.3) is 0 Å². The van der Waals surface area contributed by atoms with Crippen molar-refractivity contribution in [3.05, 3.63) is 23.8 Å². The monoisotopic (exact) mass is 274 g/mol. The van der Waals surface area contributed by atoms with Crippen molar-refractivity contribution >= 4 is 0 Å². The van der Waals surface area contributed by atoms with Gasteiger partial charge in [-0.1, -0.05) is 39.5 Å². The standard InChI is InChI=1S/C18H30N2/c1-3-5-6-8-16-13-19-18(20-14-16)17-11-9-15(7-4-2)10-12-17/h13-15,17H,3-12H2,1-2H3. The van der Waals surface area contributed by atoms with Gasteiger partial charge in [0.05, 0.1) is 0 Å². The third-order valence-corrected chi connectivity index (χ3v) is 4.70. The Morgan fingerprint density at radius 2 is 1.65 bits per heavy atom. The summed E-state index contributed by atoms with van der Waals surface area (Å²) in [6.45, 7) is 4.54. The molecule has 0 N–H and O–H groups in total. The van der Waals surface area contributed by atoms with E-state index in [1.165, 1.54) is 63.4 Å². The first-order chi connectivity index (χ1) is 9.83. The van der Waals surface area contributed by atoms with Gasteiger partial charge in [-0.15, -0.1) is 0 Å². The van der Waals surface area contributed by atoms with Crippen molar-refractivity contribution in [2.75, 3.05) is 0 Å². The summed E-state index contributed by atoms with van der Waals surface area (Å²) in [7, 11) is 0. The molecule has 1 fully saturated rings. The number of rotatable bonds is 7. The van der Waals surface area contributed by atoms with Gasteiger partial charge in [-0.25, -0.2) is 9.97 Å². The number of nitrogens with zero attached hydrogens (tertiary/aromatic N) is 2. The molecule has 0 unspecified atom stereocenters. The van der Waals surface area contributed by atoms with Crippen molar-refractivity contribution in [2.45, 2.75) is 84.0 Å². The highest BCUT2D eigenvalue weighted by atomic mass is 14.9. The fourth-order valence-electron chi connectivity index (χ4n) is 3.40. The normalized spacial score (nSPS) is 22.9. The first-order valence-electron chi connectivity index (χ1n) is 8.64. The second-order valence-corrected chi connectivity index (χ2v) is 6.41. The third kappa shape index (κ3) is 4.57. The molecule has 1 aromatic heterocycles. The molecule has 1 heterocycles. The van der Waals surface area contributed by atoms with E-state index in [1.807, 2.05) is 0 Å². The van der Waals surface area contributed by atoms with E-state index >= 15 is 0 Å². The van der Waals surface area contributed by atoms with Crippen LogP contribution in [0.4, 0.5) is 0 Å². The molecule has 0 aliphatic heterocycles. The van der Waals surface area contributed by atoms with E-state index in [0.717, 1.165) is 18.2 Å². The summed E-state index contributed by atoms with van der Waals surface area (Å²) in [5, 5.41) is 0. The molecule has 112 valence electrons. The van der Waals surface area contributed by atoms with Gasteiger partial charge in [-0.2, -0.15) is 0 Å². The van der Waals surface area contributed by atoms with E-state index in [-0.39, 0.29) is 0 Å². The van der Waals surface area contributed by atoms with Crippen LogP contribution >= 0.6 is 0 Å². The smallest absolute Gasteiger partial charge is 0.131 e. The van der Waals surface area contributed by atoms with Crippen LogP contribution in [0, 0.1) is 5.92 Å². The van der Waals surface area contributed by atoms with Crippen molar-refractivity contribution < 1.29 is 0 Å². The summed E-state index contributed by atoms with van der Waals surface area (Å²) in [6.07, 6.45) is 17.2. The van der Waals surface area contributed by atoms with Gasteiger partial charge in [0.2, 0.25) is 0 Å². The predicted molar refractivity (Wildman–Crippen MR) is 84.9 cm³/mol. The van der Waals surface area contributed by atoms with Crippen LogP contribution in [-0.2, 0) is 6.42 Å². The van der Waals surface area contributed by atoms with Crippen LogP contribution in [0.1, 0.15) is 88.9 Å². The summed E-state index contributed by atoms with van der Waals surface area (Å²) in [5.41, 5.74) is 1.31. The maximum absolute atomic E-state index is 4.64. The predicted octanol–water partition coefficient (Wildman–Crippen LogP) is 5.28. The average Bonchev–Trinajstić information content (AvgIpc) is 2.49. The lowest BCUT2D eigenvalue weighted by atomic mass is 9.80. The molecule has 0 aromatic carbocycles. The SMILES string of the molecule is CCCCCc1cnc(C2CCC(CCC)CC2)nc1. The molecule has 1 aliphatic carbocycles. The number of aromatic nitrogens is 2. The molecule has 2 rings (SSSR count). The minimum atomic E-state index is 0.618. The Labute approximate surface area is 124 Å². The maximum Gasteiger partial charge on any atom is 0.131 e. The van der Waals surface area contributed by atoms with Crippen molar-refractivity contribution in [1.29, 1.82) is 0 Å². The highest BCUT2D eigenvalue weighted by molar-refractivity contribution is 5.08. The molecule has 1 aromatic rings. The molecule has 0 saturated heterocycles. The van der Waals surface area contributed by atoms with Crippen LogP contribution < -0.4 is 0 Å². The number of aryl methyl sites for hydroxylation is 1. The first-order valence-corrected chi connectivity index (χ1v) is 8.64. The van der Waals surface area contributed by atoms with Crippen LogP contribution in [0.3, 0.4) is 0 Å². The van der Waals surface area contributed by atoms with Crippen molar-refractivity contribution in [3.63, 3.8) is 0 Å². The van der Waals surface area contributed by atoms with Gasteiger partial charge in [0, 0.05) is 18.3 Å². The van der Waals surface area contributed by atoms with Gasteiger partial charge in [0.1, 0.15) is 5.82 Å². The van der Waals surface area contributed by atoms with Crippen molar-refractivity contribution in [1.82, 2.24) is 9.97 Å². The Bertz CT molecular complexity index is 364. The minimum Gasteiger partial charge on any atom is -0.241 e. The average molecular weight is 274 g/mol. The van der Waals surface area contributed by atoms with E-state index < -0.39 is 0 Å². The Morgan fingerprint density at radius 3 is 2.25 bits per heavy atom. The number of unbranched alkanes of at least 4 members (excludes halogenated alkanes) is 2. The Kier molecular flexibility index (Phi) is 6.49. The quantitative estimate of drug-likeness (QED) is 0.632. The molecule has 1 aliphatic rings. The Hall–Kier alpha value is -0.920. The van der Waals surface area contributed by atoms with E-state index in [1.54, 1.807) is 0 Å². The first kappa shape index (κ1) is 15.5. The lowest BCUT2D eigenvalue weighted by Gasteiger charge is -2.27. The fourth-order valence-corrected chi connectivity index (χ4v) is 3.40. The summed E-state index contributed by atoms with van der Waals surface area (Å²) in [6, 6.07) is 0. The van der Waals surface area contributed by atoms with Crippen molar-refractivity contribution in [3.8, 4) is 0 Å². The van der Waals surface area contributed by atoms with Crippen LogP contribution in [0.15, 0.2) is 12.4 Å². The second kappa shape index (κ2) is 8.39. The van der Waals surface area contributed by atoms with Crippen LogP contribution in [0.5, 0.6) is 0 Å². The zero-order valence-corrected chi connectivity index (χ0v) is 13.3. The van der Waals surface area contributed by atoms with Crippen LogP contribution in [-0.4, -0.2) is 9.97 Å². The van der Waals surface area contributed by atoms with E-state index in [2.05, 4.69) is 36.2 Å².